The minimum atomic E-state index is -3.61. The minimum Gasteiger partial charge on any atom is -0.214 e. The molecule has 0 saturated carbocycles. The molecule has 0 amide bonds. The molecule has 1 fully saturated rings. The van der Waals surface area contributed by atoms with Crippen molar-refractivity contribution in [2.45, 2.75) is 27.1 Å². The van der Waals surface area contributed by atoms with Gasteiger partial charge in [0, 0.05) is 5.41 Å². The highest BCUT2D eigenvalue weighted by Gasteiger charge is 2.44. The molecule has 4 nitrogen and oxygen atoms in total. The van der Waals surface area contributed by atoms with Gasteiger partial charge in [-0.3, -0.25) is 0 Å². The van der Waals surface area contributed by atoms with E-state index in [1.54, 1.807) is 0 Å². The molecular weight excluding hydrogens is 156 g/mol. The van der Waals surface area contributed by atoms with Crippen molar-refractivity contribution in [1.29, 1.82) is 0 Å². The molecule has 1 aliphatic heterocycles. The van der Waals surface area contributed by atoms with Crippen molar-refractivity contribution in [3.05, 3.63) is 0 Å². The first kappa shape index (κ1) is 7.97. The molecule has 5 heteroatoms. The fourth-order valence-electron chi connectivity index (χ4n) is 0.510. The number of hydrogen-bond donors (Lipinski definition) is 0. The standard InChI is InChI=1S/C5H10O4S/c1-5(2,3)4-8-10(6,7)9-4/h4H,1-3H3. The van der Waals surface area contributed by atoms with E-state index in [1.165, 1.54) is 0 Å². The Kier molecular flexibility index (Phi) is 1.54. The van der Waals surface area contributed by atoms with Gasteiger partial charge in [-0.15, -0.1) is 0 Å². The third-order valence-corrected chi connectivity index (χ3v) is 1.94. The van der Waals surface area contributed by atoms with Gasteiger partial charge in [0.2, 0.25) is 6.29 Å². The molecule has 1 rings (SSSR count). The van der Waals surface area contributed by atoms with Crippen LogP contribution in [0.5, 0.6) is 0 Å². The van der Waals surface area contributed by atoms with Crippen molar-refractivity contribution < 1.29 is 16.8 Å². The van der Waals surface area contributed by atoms with Crippen LogP contribution in [0.4, 0.5) is 0 Å². The Morgan fingerprint density at radius 1 is 1.20 bits per heavy atom. The predicted octanol–water partition coefficient (Wildman–Crippen LogP) is 0.650. The van der Waals surface area contributed by atoms with Crippen molar-refractivity contribution in [3.63, 3.8) is 0 Å². The summed E-state index contributed by atoms with van der Waals surface area (Å²) in [4.78, 5) is 0. The highest BCUT2D eigenvalue weighted by atomic mass is 32.3. The summed E-state index contributed by atoms with van der Waals surface area (Å²) in [5.74, 6) is 0. The molecule has 0 atom stereocenters. The molecule has 1 aliphatic rings. The van der Waals surface area contributed by atoms with Crippen LogP contribution in [0.25, 0.3) is 0 Å². The highest BCUT2D eigenvalue weighted by Crippen LogP contribution is 2.33. The molecule has 0 spiro atoms. The van der Waals surface area contributed by atoms with Gasteiger partial charge < -0.3 is 0 Å². The number of hydrogen-bond acceptors (Lipinski definition) is 4. The van der Waals surface area contributed by atoms with Gasteiger partial charge in [0.15, 0.2) is 0 Å². The Morgan fingerprint density at radius 3 is 1.70 bits per heavy atom. The molecular formula is C5H10O4S. The van der Waals surface area contributed by atoms with Crippen LogP contribution in [0, 0.1) is 5.41 Å². The fourth-order valence-corrected chi connectivity index (χ4v) is 1.53. The van der Waals surface area contributed by atoms with E-state index >= 15 is 0 Å². The Morgan fingerprint density at radius 2 is 1.60 bits per heavy atom. The van der Waals surface area contributed by atoms with Crippen LogP contribution in [0.1, 0.15) is 20.8 Å². The van der Waals surface area contributed by atoms with Gasteiger partial charge in [-0.05, 0) is 0 Å². The third kappa shape index (κ3) is 1.47. The minimum absolute atomic E-state index is 0.272. The molecule has 0 aromatic heterocycles. The molecule has 0 aliphatic carbocycles. The zero-order valence-corrected chi connectivity index (χ0v) is 6.94. The van der Waals surface area contributed by atoms with Crippen LogP contribution in [-0.2, 0) is 18.8 Å². The lowest BCUT2D eigenvalue weighted by molar-refractivity contribution is -0.142. The maximum atomic E-state index is 10.3. The topological polar surface area (TPSA) is 52.6 Å². The summed E-state index contributed by atoms with van der Waals surface area (Å²) in [6.45, 7) is 5.52. The summed E-state index contributed by atoms with van der Waals surface area (Å²) in [6, 6.07) is 0. The van der Waals surface area contributed by atoms with Crippen LogP contribution in [0.3, 0.4) is 0 Å². The monoisotopic (exact) mass is 166 g/mol. The van der Waals surface area contributed by atoms with E-state index in [0.717, 1.165) is 0 Å². The Hall–Kier alpha value is -0.130. The van der Waals surface area contributed by atoms with E-state index in [2.05, 4.69) is 8.37 Å². The first-order valence-electron chi connectivity index (χ1n) is 2.93. The average molecular weight is 166 g/mol. The van der Waals surface area contributed by atoms with E-state index in [-0.39, 0.29) is 5.41 Å². The lowest BCUT2D eigenvalue weighted by atomic mass is 9.96. The largest absolute Gasteiger partial charge is 0.405 e. The van der Waals surface area contributed by atoms with Gasteiger partial charge >= 0.3 is 10.4 Å². The zero-order chi connectivity index (χ0) is 7.99. The van der Waals surface area contributed by atoms with Gasteiger partial charge in [0.1, 0.15) is 0 Å². The maximum absolute atomic E-state index is 10.3. The lowest BCUT2D eigenvalue weighted by Gasteiger charge is -2.34. The molecule has 1 heterocycles. The maximum Gasteiger partial charge on any atom is 0.405 e. The predicted molar refractivity (Wildman–Crippen MR) is 34.3 cm³/mol. The van der Waals surface area contributed by atoms with Crippen molar-refractivity contribution in [3.8, 4) is 0 Å². The highest BCUT2D eigenvalue weighted by molar-refractivity contribution is 7.82. The van der Waals surface area contributed by atoms with Crippen molar-refractivity contribution in [2.75, 3.05) is 0 Å². The van der Waals surface area contributed by atoms with Crippen LogP contribution < -0.4 is 0 Å². The molecule has 0 unspecified atom stereocenters. The summed E-state index contributed by atoms with van der Waals surface area (Å²) in [6.07, 6.45) is -0.613. The molecule has 0 aromatic rings. The summed E-state index contributed by atoms with van der Waals surface area (Å²) >= 11 is 0. The fraction of sp³-hybridized carbons (Fsp3) is 1.00. The SMILES string of the molecule is CC(C)(C)C1OS(=O)(=O)O1. The first-order chi connectivity index (χ1) is 4.31. The van der Waals surface area contributed by atoms with Crippen LogP contribution >= 0.6 is 0 Å². The van der Waals surface area contributed by atoms with Crippen molar-refractivity contribution in [1.82, 2.24) is 0 Å². The molecule has 0 radical (unpaired) electrons. The molecule has 0 bridgehead atoms. The van der Waals surface area contributed by atoms with Gasteiger partial charge in [-0.1, -0.05) is 20.8 Å². The Balaban J connectivity index is 2.56. The van der Waals surface area contributed by atoms with Gasteiger partial charge in [-0.25, -0.2) is 8.37 Å². The quantitative estimate of drug-likeness (QED) is 0.530. The second-order valence-electron chi connectivity index (χ2n) is 3.30. The molecule has 1 saturated heterocycles. The summed E-state index contributed by atoms with van der Waals surface area (Å²) in [5.41, 5.74) is -0.272. The van der Waals surface area contributed by atoms with Gasteiger partial charge in [0.25, 0.3) is 0 Å². The van der Waals surface area contributed by atoms with E-state index < -0.39 is 16.7 Å². The third-order valence-electron chi connectivity index (χ3n) is 1.12. The summed E-state index contributed by atoms with van der Waals surface area (Å²) < 4.78 is 29.5. The zero-order valence-electron chi connectivity index (χ0n) is 6.12. The Labute approximate surface area is 60.5 Å². The molecule has 0 N–H and O–H groups in total. The smallest absolute Gasteiger partial charge is 0.214 e. The van der Waals surface area contributed by atoms with Crippen LogP contribution in [0.2, 0.25) is 0 Å². The normalized spacial score (nSPS) is 25.9. The van der Waals surface area contributed by atoms with E-state index in [4.69, 9.17) is 0 Å². The van der Waals surface area contributed by atoms with Crippen LogP contribution in [-0.4, -0.2) is 14.7 Å². The van der Waals surface area contributed by atoms with E-state index in [9.17, 15) is 8.42 Å². The van der Waals surface area contributed by atoms with Crippen molar-refractivity contribution in [2.24, 2.45) is 5.41 Å². The van der Waals surface area contributed by atoms with E-state index in [0.29, 0.717) is 0 Å². The molecule has 10 heavy (non-hydrogen) atoms. The van der Waals surface area contributed by atoms with Crippen LogP contribution in [0.15, 0.2) is 0 Å². The second kappa shape index (κ2) is 1.93. The van der Waals surface area contributed by atoms with Gasteiger partial charge in [-0.2, -0.15) is 8.42 Å². The lowest BCUT2D eigenvalue weighted by Crippen LogP contribution is -2.45. The second-order valence-corrected chi connectivity index (χ2v) is 4.50. The van der Waals surface area contributed by atoms with Gasteiger partial charge in [0.05, 0.1) is 0 Å². The van der Waals surface area contributed by atoms with E-state index in [1.807, 2.05) is 20.8 Å². The molecule has 0 aromatic carbocycles. The number of rotatable bonds is 0. The Bertz CT molecular complexity index is 211. The molecule has 60 valence electrons. The summed E-state index contributed by atoms with van der Waals surface area (Å²) in [5, 5.41) is 0. The summed E-state index contributed by atoms with van der Waals surface area (Å²) in [7, 11) is -3.61. The first-order valence-corrected chi connectivity index (χ1v) is 4.26. The van der Waals surface area contributed by atoms with Crippen molar-refractivity contribution >= 4 is 10.4 Å². The average Bonchev–Trinajstić information content (AvgIpc) is 1.56.